The Balaban J connectivity index is 1.60. The molecule has 2 aliphatic heterocycles. The summed E-state index contributed by atoms with van der Waals surface area (Å²) >= 11 is 1.42. The molecule has 6 nitrogen and oxygen atoms in total. The molecule has 2 aromatic carbocycles. The predicted octanol–water partition coefficient (Wildman–Crippen LogP) is 3.68. The number of thiophene rings is 1. The maximum absolute atomic E-state index is 13.9. The number of nitriles is 1. The zero-order valence-corrected chi connectivity index (χ0v) is 18.4. The van der Waals surface area contributed by atoms with E-state index in [0.717, 1.165) is 9.75 Å². The van der Waals surface area contributed by atoms with Crippen LogP contribution in [0.4, 0.5) is 14.5 Å². The van der Waals surface area contributed by atoms with Crippen LogP contribution in [0.2, 0.25) is 0 Å². The Bertz CT molecular complexity index is 1350. The standard InChI is InChI=1S/C24H19F2N5OS/c1-30-22(32)18-12-31(17-4-2-3-16(25)10-17)13-24(18,29-23(30)28)21-8-7-20(33-21)14-5-6-19(26)15(9-14)11-27/h2-10,18H,12-13H2,1H3,(H2,28,29)/t18?,24-/m0/s1. The largest absolute Gasteiger partial charge is 0.369 e. The molecule has 3 heterocycles. The average molecular weight is 464 g/mol. The molecular weight excluding hydrogens is 444 g/mol. The van der Waals surface area contributed by atoms with Gasteiger partial charge in [0, 0.05) is 35.6 Å². The van der Waals surface area contributed by atoms with E-state index in [1.807, 2.05) is 23.1 Å². The van der Waals surface area contributed by atoms with Crippen LogP contribution in [0.3, 0.4) is 0 Å². The number of nitrogens with two attached hydrogens (primary N) is 1. The van der Waals surface area contributed by atoms with Crippen molar-refractivity contribution < 1.29 is 13.6 Å². The molecule has 166 valence electrons. The molecule has 9 heteroatoms. The van der Waals surface area contributed by atoms with Gasteiger partial charge >= 0.3 is 0 Å². The fourth-order valence-electron chi connectivity index (χ4n) is 4.52. The number of halogens is 2. The molecule has 0 aliphatic carbocycles. The highest BCUT2D eigenvalue weighted by molar-refractivity contribution is 7.15. The summed E-state index contributed by atoms with van der Waals surface area (Å²) in [4.78, 5) is 23.0. The number of rotatable bonds is 3. The lowest BCUT2D eigenvalue weighted by molar-refractivity contribution is -0.132. The fourth-order valence-corrected chi connectivity index (χ4v) is 5.71. The van der Waals surface area contributed by atoms with Crippen LogP contribution in [-0.2, 0) is 10.3 Å². The molecule has 0 bridgehead atoms. The van der Waals surface area contributed by atoms with Crippen LogP contribution in [0, 0.1) is 28.9 Å². The summed E-state index contributed by atoms with van der Waals surface area (Å²) in [6.07, 6.45) is 0. The van der Waals surface area contributed by atoms with Gasteiger partial charge in [-0.1, -0.05) is 12.1 Å². The summed E-state index contributed by atoms with van der Waals surface area (Å²) in [6.45, 7) is 0.722. The van der Waals surface area contributed by atoms with Gasteiger partial charge in [0.25, 0.3) is 0 Å². The van der Waals surface area contributed by atoms with Crippen LogP contribution in [0.15, 0.2) is 59.6 Å². The molecule has 1 unspecified atom stereocenters. The Morgan fingerprint density at radius 1 is 1.21 bits per heavy atom. The summed E-state index contributed by atoms with van der Waals surface area (Å²) in [5.41, 5.74) is 6.54. The number of nitrogens with zero attached hydrogens (tertiary/aromatic N) is 4. The average Bonchev–Trinajstić information content (AvgIpc) is 3.44. The van der Waals surface area contributed by atoms with Crippen molar-refractivity contribution in [3.8, 4) is 16.5 Å². The van der Waals surface area contributed by atoms with Gasteiger partial charge in [0.1, 0.15) is 23.2 Å². The van der Waals surface area contributed by atoms with Gasteiger partial charge in [0.05, 0.1) is 11.5 Å². The molecular formula is C24H19F2N5OS. The molecule has 1 saturated heterocycles. The van der Waals surface area contributed by atoms with Gasteiger partial charge in [0.15, 0.2) is 5.96 Å². The number of fused-ring (bicyclic) bond motifs is 1. The van der Waals surface area contributed by atoms with Crippen molar-refractivity contribution in [2.45, 2.75) is 5.54 Å². The number of hydrogen-bond acceptors (Lipinski definition) is 6. The maximum atomic E-state index is 13.9. The monoisotopic (exact) mass is 463 g/mol. The van der Waals surface area contributed by atoms with Crippen molar-refractivity contribution in [1.82, 2.24) is 4.90 Å². The van der Waals surface area contributed by atoms with E-state index in [9.17, 15) is 13.6 Å². The Morgan fingerprint density at radius 2 is 2.03 bits per heavy atom. The van der Waals surface area contributed by atoms with Crippen molar-refractivity contribution in [2.75, 3.05) is 25.0 Å². The highest BCUT2D eigenvalue weighted by Crippen LogP contribution is 2.48. The Hall–Kier alpha value is -3.77. The highest BCUT2D eigenvalue weighted by Gasteiger charge is 2.56. The van der Waals surface area contributed by atoms with E-state index >= 15 is 0 Å². The van der Waals surface area contributed by atoms with E-state index in [0.29, 0.717) is 24.3 Å². The molecule has 3 aromatic rings. The van der Waals surface area contributed by atoms with E-state index in [2.05, 4.69) is 0 Å². The number of hydrogen-bond donors (Lipinski definition) is 1. The summed E-state index contributed by atoms with van der Waals surface area (Å²) in [6, 6.07) is 16.3. The second-order valence-corrected chi connectivity index (χ2v) is 9.26. The zero-order chi connectivity index (χ0) is 23.3. The van der Waals surface area contributed by atoms with Crippen LogP contribution >= 0.6 is 11.3 Å². The fraction of sp³-hybridized carbons (Fsp3) is 0.208. The van der Waals surface area contributed by atoms with Crippen molar-refractivity contribution >= 4 is 28.9 Å². The maximum Gasteiger partial charge on any atom is 0.236 e. The van der Waals surface area contributed by atoms with Crippen LogP contribution < -0.4 is 10.6 Å². The van der Waals surface area contributed by atoms with Crippen molar-refractivity contribution in [3.63, 3.8) is 0 Å². The molecule has 2 N–H and O–H groups in total. The molecule has 2 aliphatic rings. The van der Waals surface area contributed by atoms with E-state index < -0.39 is 17.3 Å². The van der Waals surface area contributed by atoms with Crippen molar-refractivity contribution in [1.29, 1.82) is 5.26 Å². The molecule has 5 rings (SSSR count). The second kappa shape index (κ2) is 7.67. The Labute approximate surface area is 193 Å². The van der Waals surface area contributed by atoms with Gasteiger partial charge in [-0.25, -0.2) is 13.8 Å². The van der Waals surface area contributed by atoms with Crippen molar-refractivity contribution in [2.24, 2.45) is 16.6 Å². The molecule has 33 heavy (non-hydrogen) atoms. The molecule has 1 amide bonds. The normalized spacial score (nSPS) is 22.2. The zero-order valence-electron chi connectivity index (χ0n) is 17.6. The van der Waals surface area contributed by atoms with Crippen LogP contribution in [0.1, 0.15) is 10.4 Å². The predicted molar refractivity (Wildman–Crippen MR) is 123 cm³/mol. The van der Waals surface area contributed by atoms with Crippen LogP contribution in [0.5, 0.6) is 0 Å². The summed E-state index contributed by atoms with van der Waals surface area (Å²) in [7, 11) is 1.59. The minimum absolute atomic E-state index is 0.0339. The van der Waals surface area contributed by atoms with E-state index in [1.54, 1.807) is 25.2 Å². The van der Waals surface area contributed by atoms with Gasteiger partial charge < -0.3 is 10.6 Å². The first-order valence-corrected chi connectivity index (χ1v) is 11.1. The quantitative estimate of drug-likeness (QED) is 0.642. The second-order valence-electron chi connectivity index (χ2n) is 8.17. The van der Waals surface area contributed by atoms with Crippen LogP contribution in [0.25, 0.3) is 10.4 Å². The minimum Gasteiger partial charge on any atom is -0.369 e. The Morgan fingerprint density at radius 3 is 2.79 bits per heavy atom. The third kappa shape index (κ3) is 3.34. The number of anilines is 1. The molecule has 2 atom stereocenters. The first-order valence-electron chi connectivity index (χ1n) is 10.3. The van der Waals surface area contributed by atoms with Gasteiger partial charge in [-0.15, -0.1) is 11.3 Å². The van der Waals surface area contributed by atoms with Crippen molar-refractivity contribution in [3.05, 3.63) is 76.7 Å². The molecule has 1 aromatic heterocycles. The van der Waals surface area contributed by atoms with E-state index in [-0.39, 0.29) is 23.2 Å². The summed E-state index contributed by atoms with van der Waals surface area (Å²) in [5.74, 6) is -1.46. The Kier molecular flexibility index (Phi) is 4.91. The van der Waals surface area contributed by atoms with Crippen LogP contribution in [-0.4, -0.2) is 36.9 Å². The molecule has 0 saturated carbocycles. The SMILES string of the molecule is CN1C(=O)C2CN(c3cccc(F)c3)C[C@]2(c2ccc(-c3ccc(F)c(C#N)c3)s2)N=C1N. The van der Waals surface area contributed by atoms with Gasteiger partial charge in [-0.3, -0.25) is 9.69 Å². The first kappa shape index (κ1) is 21.1. The molecule has 0 radical (unpaired) electrons. The third-order valence-electron chi connectivity index (χ3n) is 6.28. The topological polar surface area (TPSA) is 85.7 Å². The number of amides is 1. The first-order chi connectivity index (χ1) is 15.8. The van der Waals surface area contributed by atoms with E-state index in [4.69, 9.17) is 16.0 Å². The number of carbonyl (C=O) groups excluding carboxylic acids is 1. The third-order valence-corrected chi connectivity index (χ3v) is 7.58. The molecule has 0 spiro atoms. The van der Waals surface area contributed by atoms with Gasteiger partial charge in [-0.05, 0) is 48.0 Å². The lowest BCUT2D eigenvalue weighted by Gasteiger charge is -2.36. The minimum atomic E-state index is -0.930. The summed E-state index contributed by atoms with van der Waals surface area (Å²) < 4.78 is 27.7. The number of guanidine groups is 1. The number of carbonyl (C=O) groups is 1. The summed E-state index contributed by atoms with van der Waals surface area (Å²) in [5, 5.41) is 9.17. The number of aliphatic imine (C=N–C) groups is 1. The lowest BCUT2D eigenvalue weighted by Crippen LogP contribution is -2.54. The lowest BCUT2D eigenvalue weighted by atomic mass is 9.84. The molecule has 1 fully saturated rings. The van der Waals surface area contributed by atoms with Gasteiger partial charge in [-0.2, -0.15) is 5.26 Å². The van der Waals surface area contributed by atoms with Gasteiger partial charge in [0.2, 0.25) is 5.91 Å². The smallest absolute Gasteiger partial charge is 0.236 e. The number of benzene rings is 2. The highest BCUT2D eigenvalue weighted by atomic mass is 32.1. The van der Waals surface area contributed by atoms with E-state index in [1.165, 1.54) is 40.5 Å².